The van der Waals surface area contributed by atoms with Gasteiger partial charge in [-0.15, -0.1) is 5.10 Å². The van der Waals surface area contributed by atoms with E-state index in [-0.39, 0.29) is 24.8 Å². The molecule has 1 aliphatic rings. The molecule has 23 heavy (non-hydrogen) atoms. The summed E-state index contributed by atoms with van der Waals surface area (Å²) in [5.41, 5.74) is 6.11. The van der Waals surface area contributed by atoms with E-state index in [4.69, 9.17) is 15.2 Å². The number of anilines is 2. The number of carbonyl (C=O) groups is 2. The largest absolute Gasteiger partial charge is 0.464 e. The molecular weight excluding hydrogens is 306 g/mol. The summed E-state index contributed by atoms with van der Waals surface area (Å²) in [5, 5.41) is 9.92. The molecule has 0 saturated heterocycles. The third-order valence-electron chi connectivity index (χ3n) is 3.10. The van der Waals surface area contributed by atoms with Crippen molar-refractivity contribution >= 4 is 23.4 Å². The molecule has 0 radical (unpaired) electrons. The summed E-state index contributed by atoms with van der Waals surface area (Å²) in [6.45, 7) is -0.0528. The molecule has 3 rings (SSSR count). The minimum Gasteiger partial charge on any atom is -0.464 e. The number of amides is 1. The van der Waals surface area contributed by atoms with E-state index in [1.54, 1.807) is 18.2 Å². The molecule has 10 nitrogen and oxygen atoms in total. The molecule has 1 amide bonds. The lowest BCUT2D eigenvalue weighted by atomic mass is 10.3. The zero-order chi connectivity index (χ0) is 16.4. The molecule has 120 valence electrons. The summed E-state index contributed by atoms with van der Waals surface area (Å²) >= 11 is 0. The first-order valence-electron chi connectivity index (χ1n) is 6.55. The molecule has 1 aromatic heterocycles. The van der Waals surface area contributed by atoms with Crippen LogP contribution in [0.4, 0.5) is 11.5 Å². The van der Waals surface area contributed by atoms with Crippen molar-refractivity contribution in [3.63, 3.8) is 0 Å². The Morgan fingerprint density at radius 1 is 1.39 bits per heavy atom. The van der Waals surface area contributed by atoms with Crippen LogP contribution < -0.4 is 20.5 Å². The standard InChI is InChI=1S/C13H13N5O5/c1-21-13(20)11-12(14)18(17-16-11)5-10(19)15-7-2-3-8-9(4-7)23-6-22-8/h2-4H,5-6,14H2,1H3,(H,15,19). The van der Waals surface area contributed by atoms with Gasteiger partial charge < -0.3 is 25.3 Å². The van der Waals surface area contributed by atoms with Gasteiger partial charge in [-0.25, -0.2) is 9.48 Å². The highest BCUT2D eigenvalue weighted by atomic mass is 16.7. The van der Waals surface area contributed by atoms with Gasteiger partial charge in [0.2, 0.25) is 18.4 Å². The number of nitrogens with zero attached hydrogens (tertiary/aromatic N) is 3. The van der Waals surface area contributed by atoms with Crippen LogP contribution >= 0.6 is 0 Å². The molecule has 0 unspecified atom stereocenters. The second kappa shape index (κ2) is 5.83. The minimum atomic E-state index is -0.718. The number of fused-ring (bicyclic) bond motifs is 1. The predicted molar refractivity (Wildman–Crippen MR) is 77.0 cm³/mol. The molecule has 1 aromatic carbocycles. The Bertz CT molecular complexity index is 772. The van der Waals surface area contributed by atoms with E-state index in [9.17, 15) is 9.59 Å². The Balaban J connectivity index is 1.68. The predicted octanol–water partition coefficient (Wildman–Crippen LogP) is 0.0143. The third kappa shape index (κ3) is 2.86. The second-order valence-electron chi connectivity index (χ2n) is 4.59. The van der Waals surface area contributed by atoms with Gasteiger partial charge in [-0.2, -0.15) is 0 Å². The molecule has 3 N–H and O–H groups in total. The van der Waals surface area contributed by atoms with Crippen molar-refractivity contribution in [3.05, 3.63) is 23.9 Å². The molecule has 0 spiro atoms. The van der Waals surface area contributed by atoms with Gasteiger partial charge in [-0.3, -0.25) is 4.79 Å². The Labute approximate surface area is 130 Å². The first-order chi connectivity index (χ1) is 11.1. The average Bonchev–Trinajstić information content (AvgIpc) is 3.13. The number of nitrogens with one attached hydrogen (secondary N) is 1. The average molecular weight is 319 g/mol. The van der Waals surface area contributed by atoms with Crippen LogP contribution in [0.25, 0.3) is 0 Å². The number of methoxy groups -OCH3 is 1. The maximum Gasteiger partial charge on any atom is 0.362 e. The molecule has 0 fully saturated rings. The van der Waals surface area contributed by atoms with Crippen molar-refractivity contribution in [2.45, 2.75) is 6.54 Å². The highest BCUT2D eigenvalue weighted by molar-refractivity contribution is 5.93. The lowest BCUT2D eigenvalue weighted by Gasteiger charge is -2.07. The van der Waals surface area contributed by atoms with Crippen LogP contribution in [-0.2, 0) is 16.1 Å². The smallest absolute Gasteiger partial charge is 0.362 e. The second-order valence-corrected chi connectivity index (χ2v) is 4.59. The Kier molecular flexibility index (Phi) is 3.71. The molecule has 0 bridgehead atoms. The van der Waals surface area contributed by atoms with Crippen LogP contribution in [0.5, 0.6) is 11.5 Å². The van der Waals surface area contributed by atoms with Crippen molar-refractivity contribution in [3.8, 4) is 11.5 Å². The topological polar surface area (TPSA) is 131 Å². The van der Waals surface area contributed by atoms with Gasteiger partial charge in [-0.1, -0.05) is 5.21 Å². The van der Waals surface area contributed by atoms with E-state index in [0.29, 0.717) is 17.2 Å². The van der Waals surface area contributed by atoms with E-state index >= 15 is 0 Å². The maximum absolute atomic E-state index is 12.0. The maximum atomic E-state index is 12.0. The molecule has 0 saturated carbocycles. The quantitative estimate of drug-likeness (QED) is 0.754. The van der Waals surface area contributed by atoms with E-state index in [1.165, 1.54) is 7.11 Å². The lowest BCUT2D eigenvalue weighted by molar-refractivity contribution is -0.116. The first kappa shape index (κ1) is 14.6. The summed E-state index contributed by atoms with van der Waals surface area (Å²) in [7, 11) is 1.20. The molecule has 2 heterocycles. The number of rotatable bonds is 4. The number of aromatic nitrogens is 3. The monoisotopic (exact) mass is 319 g/mol. The van der Waals surface area contributed by atoms with Gasteiger partial charge >= 0.3 is 5.97 Å². The van der Waals surface area contributed by atoms with E-state index in [0.717, 1.165) is 4.68 Å². The van der Waals surface area contributed by atoms with E-state index in [2.05, 4.69) is 20.4 Å². The number of nitrogens with two attached hydrogens (primary N) is 1. The fourth-order valence-corrected chi connectivity index (χ4v) is 1.99. The summed E-state index contributed by atoms with van der Waals surface area (Å²) in [6, 6.07) is 5.01. The summed E-state index contributed by atoms with van der Waals surface area (Å²) in [5.74, 6) is 0.0155. The number of hydrogen-bond donors (Lipinski definition) is 2. The zero-order valence-corrected chi connectivity index (χ0v) is 12.1. The zero-order valence-electron chi connectivity index (χ0n) is 12.1. The summed E-state index contributed by atoms with van der Waals surface area (Å²) in [6.07, 6.45) is 0. The van der Waals surface area contributed by atoms with Crippen molar-refractivity contribution < 1.29 is 23.8 Å². The van der Waals surface area contributed by atoms with E-state index < -0.39 is 11.9 Å². The minimum absolute atomic E-state index is 0.0438. The van der Waals surface area contributed by atoms with Crippen molar-refractivity contribution in [2.75, 3.05) is 25.0 Å². The van der Waals surface area contributed by atoms with Crippen molar-refractivity contribution in [1.82, 2.24) is 15.0 Å². The number of ether oxygens (including phenoxy) is 3. The summed E-state index contributed by atoms with van der Waals surface area (Å²) < 4.78 is 16.0. The SMILES string of the molecule is COC(=O)c1nnn(CC(=O)Nc2ccc3c(c2)OCO3)c1N. The third-order valence-corrected chi connectivity index (χ3v) is 3.10. The first-order valence-corrected chi connectivity index (χ1v) is 6.55. The van der Waals surface area contributed by atoms with E-state index in [1.807, 2.05) is 0 Å². The molecule has 0 atom stereocenters. The van der Waals surface area contributed by atoms with Crippen LogP contribution in [0.15, 0.2) is 18.2 Å². The Morgan fingerprint density at radius 3 is 2.96 bits per heavy atom. The number of esters is 1. The lowest BCUT2D eigenvalue weighted by Crippen LogP contribution is -2.21. The fraction of sp³-hybridized carbons (Fsp3) is 0.231. The summed E-state index contributed by atoms with van der Waals surface area (Å²) in [4.78, 5) is 23.4. The molecule has 1 aliphatic heterocycles. The van der Waals surface area contributed by atoms with Crippen molar-refractivity contribution in [2.24, 2.45) is 0 Å². The van der Waals surface area contributed by atoms with Crippen LogP contribution in [-0.4, -0.2) is 40.8 Å². The molecule has 0 aliphatic carbocycles. The van der Waals surface area contributed by atoms with Gasteiger partial charge in [-0.05, 0) is 12.1 Å². The van der Waals surface area contributed by atoms with Crippen LogP contribution in [0.1, 0.15) is 10.5 Å². The molecular formula is C13H13N5O5. The normalized spacial score (nSPS) is 12.0. The van der Waals surface area contributed by atoms with Crippen LogP contribution in [0.2, 0.25) is 0 Å². The van der Waals surface area contributed by atoms with Crippen LogP contribution in [0, 0.1) is 0 Å². The fourth-order valence-electron chi connectivity index (χ4n) is 1.99. The molecule has 2 aromatic rings. The number of benzene rings is 1. The van der Waals surface area contributed by atoms with Gasteiger partial charge in [0.25, 0.3) is 0 Å². The van der Waals surface area contributed by atoms with Gasteiger partial charge in [0, 0.05) is 11.8 Å². The highest BCUT2D eigenvalue weighted by Gasteiger charge is 2.19. The number of carbonyl (C=O) groups excluding carboxylic acids is 2. The number of nitrogen functional groups attached to an aromatic ring is 1. The highest BCUT2D eigenvalue weighted by Crippen LogP contribution is 2.34. The van der Waals surface area contributed by atoms with Crippen LogP contribution in [0.3, 0.4) is 0 Å². The van der Waals surface area contributed by atoms with Gasteiger partial charge in [0.05, 0.1) is 7.11 Å². The van der Waals surface area contributed by atoms with Crippen molar-refractivity contribution in [1.29, 1.82) is 0 Å². The number of hydrogen-bond acceptors (Lipinski definition) is 8. The Hall–Kier alpha value is -3.30. The molecule has 10 heteroatoms. The Morgan fingerprint density at radius 2 is 2.17 bits per heavy atom. The van der Waals surface area contributed by atoms with Gasteiger partial charge in [0.15, 0.2) is 17.3 Å². The van der Waals surface area contributed by atoms with Gasteiger partial charge in [0.1, 0.15) is 6.54 Å².